The van der Waals surface area contributed by atoms with E-state index < -0.39 is 5.41 Å². The average molecular weight is 635 g/mol. The molecule has 0 fully saturated rings. The molecule has 2 aromatic heterocycles. The molecule has 0 atom stereocenters. The van der Waals surface area contributed by atoms with Gasteiger partial charge in [0, 0.05) is 34.3 Å². The standard InChI is InChI=1S/C43H26N2S2/c1-3-7-37-33(5-1)34-6-2-4-8-38(34)43(37)39-25-31(27-9-13-29(14-10-27)41-44-21-23-46-41)17-19-35(39)36-20-18-32(26-40(36)43)28-11-15-30(16-12-28)42-45-22-24-47-42/h1-26H. The number of nitrogens with zero attached hydrogens (tertiary/aromatic N) is 2. The van der Waals surface area contributed by atoms with Gasteiger partial charge < -0.3 is 0 Å². The van der Waals surface area contributed by atoms with Gasteiger partial charge in [-0.1, -0.05) is 121 Å². The van der Waals surface area contributed by atoms with Crippen molar-refractivity contribution in [2.75, 3.05) is 0 Å². The number of benzene rings is 6. The Balaban J connectivity index is 1.18. The van der Waals surface area contributed by atoms with E-state index in [4.69, 9.17) is 0 Å². The fourth-order valence-electron chi connectivity index (χ4n) is 7.84. The van der Waals surface area contributed by atoms with E-state index in [-0.39, 0.29) is 0 Å². The fourth-order valence-corrected chi connectivity index (χ4v) is 9.13. The van der Waals surface area contributed by atoms with E-state index >= 15 is 0 Å². The first-order valence-corrected chi connectivity index (χ1v) is 17.5. The zero-order valence-corrected chi connectivity index (χ0v) is 26.9. The van der Waals surface area contributed by atoms with Crippen LogP contribution in [-0.4, -0.2) is 9.97 Å². The average Bonchev–Trinajstić information content (AvgIpc) is 3.96. The van der Waals surface area contributed by atoms with Gasteiger partial charge in [0.15, 0.2) is 0 Å². The Labute approximate surface area is 281 Å². The van der Waals surface area contributed by atoms with E-state index in [1.165, 1.54) is 66.8 Å². The second-order valence-electron chi connectivity index (χ2n) is 12.2. The monoisotopic (exact) mass is 634 g/mol. The maximum absolute atomic E-state index is 4.51. The van der Waals surface area contributed by atoms with Crippen LogP contribution in [0.15, 0.2) is 157 Å². The summed E-state index contributed by atoms with van der Waals surface area (Å²) in [6.07, 6.45) is 3.73. The normalized spacial score (nSPS) is 13.3. The van der Waals surface area contributed by atoms with Gasteiger partial charge in [-0.15, -0.1) is 22.7 Å². The Bertz CT molecular complexity index is 2260. The van der Waals surface area contributed by atoms with Gasteiger partial charge in [-0.05, 0) is 78.9 Å². The molecule has 10 rings (SSSR count). The lowest BCUT2D eigenvalue weighted by molar-refractivity contribution is 0.794. The highest BCUT2D eigenvalue weighted by Gasteiger charge is 2.51. The number of rotatable bonds is 4. The van der Waals surface area contributed by atoms with Crippen molar-refractivity contribution < 1.29 is 0 Å². The van der Waals surface area contributed by atoms with Crippen molar-refractivity contribution in [2.24, 2.45) is 0 Å². The zero-order chi connectivity index (χ0) is 31.0. The van der Waals surface area contributed by atoms with Crippen molar-refractivity contribution >= 4 is 22.7 Å². The highest BCUT2D eigenvalue weighted by atomic mass is 32.1. The molecule has 0 unspecified atom stereocenters. The summed E-state index contributed by atoms with van der Waals surface area (Å²) in [5.74, 6) is 0. The summed E-state index contributed by atoms with van der Waals surface area (Å²) in [5.41, 5.74) is 17.4. The molecule has 2 nitrogen and oxygen atoms in total. The lowest BCUT2D eigenvalue weighted by Crippen LogP contribution is -2.26. The number of fused-ring (bicyclic) bond motifs is 10. The molecule has 2 aliphatic carbocycles. The molecule has 0 amide bonds. The molecule has 8 aromatic rings. The molecule has 0 bridgehead atoms. The van der Waals surface area contributed by atoms with Crippen molar-refractivity contribution in [1.29, 1.82) is 0 Å². The van der Waals surface area contributed by atoms with Gasteiger partial charge >= 0.3 is 0 Å². The van der Waals surface area contributed by atoms with Gasteiger partial charge in [-0.3, -0.25) is 0 Å². The lowest BCUT2D eigenvalue weighted by Gasteiger charge is -2.31. The van der Waals surface area contributed by atoms with Crippen LogP contribution in [0.5, 0.6) is 0 Å². The Kier molecular flexibility index (Phi) is 5.86. The maximum atomic E-state index is 4.51. The summed E-state index contributed by atoms with van der Waals surface area (Å²) >= 11 is 3.35. The predicted octanol–water partition coefficient (Wildman–Crippen LogP) is 11.6. The lowest BCUT2D eigenvalue weighted by atomic mass is 9.70. The number of thiazole rings is 2. The Hall–Kier alpha value is -5.42. The third kappa shape index (κ3) is 3.89. The largest absolute Gasteiger partial charge is 0.245 e. The first kappa shape index (κ1) is 26.8. The van der Waals surface area contributed by atoms with Crippen molar-refractivity contribution in [3.05, 3.63) is 179 Å². The molecule has 0 saturated heterocycles. The summed E-state index contributed by atoms with van der Waals surface area (Å²) in [6, 6.07) is 49.9. The first-order valence-electron chi connectivity index (χ1n) is 15.8. The number of hydrogen-bond donors (Lipinski definition) is 0. The Morgan fingerprint density at radius 1 is 0.362 bits per heavy atom. The minimum atomic E-state index is -0.411. The van der Waals surface area contributed by atoms with Gasteiger partial charge in [0.25, 0.3) is 0 Å². The molecule has 2 heterocycles. The third-order valence-corrected chi connectivity index (χ3v) is 11.5. The van der Waals surface area contributed by atoms with Gasteiger partial charge in [-0.2, -0.15) is 0 Å². The molecule has 1 spiro atoms. The van der Waals surface area contributed by atoms with Crippen molar-refractivity contribution in [1.82, 2.24) is 9.97 Å². The Morgan fingerprint density at radius 2 is 0.745 bits per heavy atom. The number of aromatic nitrogens is 2. The van der Waals surface area contributed by atoms with Crippen LogP contribution in [0.25, 0.3) is 65.6 Å². The van der Waals surface area contributed by atoms with Gasteiger partial charge in [0.2, 0.25) is 0 Å². The summed E-state index contributed by atoms with van der Waals surface area (Å²) in [4.78, 5) is 9.02. The summed E-state index contributed by atoms with van der Waals surface area (Å²) in [7, 11) is 0. The van der Waals surface area contributed by atoms with Crippen LogP contribution in [0, 0.1) is 0 Å². The van der Waals surface area contributed by atoms with E-state index in [0.717, 1.165) is 21.1 Å². The Morgan fingerprint density at radius 3 is 1.17 bits per heavy atom. The molecule has 0 saturated carbocycles. The van der Waals surface area contributed by atoms with E-state index in [2.05, 4.69) is 143 Å². The van der Waals surface area contributed by atoms with Crippen molar-refractivity contribution in [3.63, 3.8) is 0 Å². The predicted molar refractivity (Wildman–Crippen MR) is 196 cm³/mol. The summed E-state index contributed by atoms with van der Waals surface area (Å²) in [5, 5.41) is 6.16. The first-order chi connectivity index (χ1) is 23.3. The van der Waals surface area contributed by atoms with E-state index in [1.807, 2.05) is 23.2 Å². The molecule has 4 heteroatoms. The molecule has 0 N–H and O–H groups in total. The zero-order valence-electron chi connectivity index (χ0n) is 25.2. The van der Waals surface area contributed by atoms with Crippen LogP contribution in [0.2, 0.25) is 0 Å². The van der Waals surface area contributed by atoms with Crippen LogP contribution in [0.3, 0.4) is 0 Å². The van der Waals surface area contributed by atoms with E-state index in [9.17, 15) is 0 Å². The SMILES string of the molecule is c1ccc2c(c1)-c1ccccc1C21c2cc(-c3ccc(-c4nccs4)cc3)ccc2-c2ccc(-c3ccc(-c4nccs4)cc3)cc21. The molecule has 0 radical (unpaired) electrons. The summed E-state index contributed by atoms with van der Waals surface area (Å²) in [6.45, 7) is 0. The second-order valence-corrected chi connectivity index (χ2v) is 14.0. The van der Waals surface area contributed by atoms with Gasteiger partial charge in [-0.25, -0.2) is 9.97 Å². The third-order valence-electron chi connectivity index (χ3n) is 9.88. The molecule has 2 aliphatic rings. The maximum Gasteiger partial charge on any atom is 0.123 e. The highest BCUT2D eigenvalue weighted by molar-refractivity contribution is 7.13. The molecular weight excluding hydrogens is 609 g/mol. The smallest absolute Gasteiger partial charge is 0.123 e. The molecule has 47 heavy (non-hydrogen) atoms. The molecule has 6 aromatic carbocycles. The van der Waals surface area contributed by atoms with Crippen LogP contribution < -0.4 is 0 Å². The highest BCUT2D eigenvalue weighted by Crippen LogP contribution is 2.63. The van der Waals surface area contributed by atoms with Crippen LogP contribution in [0.1, 0.15) is 22.3 Å². The fraction of sp³-hybridized carbons (Fsp3) is 0.0233. The minimum Gasteiger partial charge on any atom is -0.245 e. The van der Waals surface area contributed by atoms with Crippen LogP contribution >= 0.6 is 22.7 Å². The molecule has 0 aliphatic heterocycles. The van der Waals surface area contributed by atoms with Crippen LogP contribution in [-0.2, 0) is 5.41 Å². The topological polar surface area (TPSA) is 25.8 Å². The summed E-state index contributed by atoms with van der Waals surface area (Å²) < 4.78 is 0. The van der Waals surface area contributed by atoms with Gasteiger partial charge in [0.1, 0.15) is 10.0 Å². The quantitative estimate of drug-likeness (QED) is 0.192. The molecule has 220 valence electrons. The second kappa shape index (κ2) is 10.3. The van der Waals surface area contributed by atoms with Crippen LogP contribution in [0.4, 0.5) is 0 Å². The van der Waals surface area contributed by atoms with E-state index in [0.29, 0.717) is 0 Å². The van der Waals surface area contributed by atoms with Crippen molar-refractivity contribution in [2.45, 2.75) is 5.41 Å². The minimum absolute atomic E-state index is 0.411. The van der Waals surface area contributed by atoms with Crippen molar-refractivity contribution in [3.8, 4) is 65.6 Å². The molecular formula is C43H26N2S2. The van der Waals surface area contributed by atoms with Gasteiger partial charge in [0.05, 0.1) is 5.41 Å². The number of hydrogen-bond acceptors (Lipinski definition) is 4. The van der Waals surface area contributed by atoms with E-state index in [1.54, 1.807) is 22.7 Å².